The van der Waals surface area contributed by atoms with E-state index in [0.717, 1.165) is 37.9 Å². The van der Waals surface area contributed by atoms with Crippen molar-refractivity contribution in [1.82, 2.24) is 9.88 Å². The number of amides is 1. The summed E-state index contributed by atoms with van der Waals surface area (Å²) in [7, 11) is 0. The average molecular weight is 287 g/mol. The van der Waals surface area contributed by atoms with Gasteiger partial charge in [-0.25, -0.2) is 9.78 Å². The van der Waals surface area contributed by atoms with Gasteiger partial charge in [0.1, 0.15) is 11.2 Å². The zero-order valence-corrected chi connectivity index (χ0v) is 11.9. The van der Waals surface area contributed by atoms with Crippen LogP contribution in [-0.4, -0.2) is 34.8 Å². The van der Waals surface area contributed by atoms with Gasteiger partial charge < -0.3 is 9.32 Å². The van der Waals surface area contributed by atoms with Crippen LogP contribution in [0.25, 0.3) is 11.1 Å². The molecule has 1 aliphatic rings. The smallest absolute Gasteiger partial charge is 0.435 e. The van der Waals surface area contributed by atoms with E-state index in [4.69, 9.17) is 9.25 Å². The summed E-state index contributed by atoms with van der Waals surface area (Å²) in [6.07, 6.45) is 2.78. The normalized spacial score (nSPS) is 16.2. The Hall–Kier alpha value is -2.37. The molecule has 0 atom stereocenters. The number of benzene rings is 1. The van der Waals surface area contributed by atoms with Crippen molar-refractivity contribution >= 4 is 22.9 Å². The molecule has 2 heterocycles. The van der Waals surface area contributed by atoms with Crippen LogP contribution in [0, 0.1) is 0 Å². The van der Waals surface area contributed by atoms with E-state index < -0.39 is 6.09 Å². The highest BCUT2D eigenvalue weighted by Gasteiger charge is 2.18. The van der Waals surface area contributed by atoms with E-state index in [1.54, 1.807) is 11.8 Å². The lowest BCUT2D eigenvalue weighted by Gasteiger charge is -2.24. The van der Waals surface area contributed by atoms with Gasteiger partial charge in [0.2, 0.25) is 5.89 Å². The summed E-state index contributed by atoms with van der Waals surface area (Å²) in [5.74, 6) is 0.364. The lowest BCUT2D eigenvalue weighted by atomic mass is 10.1. The minimum Gasteiger partial charge on any atom is -0.435 e. The summed E-state index contributed by atoms with van der Waals surface area (Å²) in [6, 6.07) is 7.45. The molecule has 0 saturated carbocycles. The van der Waals surface area contributed by atoms with Gasteiger partial charge in [-0.2, -0.15) is 0 Å². The second kappa shape index (κ2) is 5.95. The highest BCUT2D eigenvalue weighted by atomic mass is 16.7. The van der Waals surface area contributed by atoms with Gasteiger partial charge in [0.25, 0.3) is 0 Å². The van der Waals surface area contributed by atoms with Crippen molar-refractivity contribution in [2.45, 2.75) is 26.2 Å². The van der Waals surface area contributed by atoms with Gasteiger partial charge in [-0.05, 0) is 38.3 Å². The fraction of sp³-hybridized carbons (Fsp3) is 0.400. The first-order valence-corrected chi connectivity index (χ1v) is 7.10. The molecule has 2 aromatic rings. The topological polar surface area (TPSA) is 67.9 Å². The van der Waals surface area contributed by atoms with Gasteiger partial charge >= 0.3 is 6.09 Å². The van der Waals surface area contributed by atoms with Crippen molar-refractivity contribution in [3.63, 3.8) is 0 Å². The van der Waals surface area contributed by atoms with E-state index in [9.17, 15) is 4.79 Å². The molecule has 0 unspecified atom stereocenters. The van der Waals surface area contributed by atoms with E-state index in [2.05, 4.69) is 10.1 Å². The second-order valence-electron chi connectivity index (χ2n) is 5.07. The number of oxazole rings is 1. The molecule has 6 nitrogen and oxygen atoms in total. The van der Waals surface area contributed by atoms with Gasteiger partial charge in [-0.1, -0.05) is 17.3 Å². The molecule has 1 aromatic carbocycles. The van der Waals surface area contributed by atoms with Crippen molar-refractivity contribution in [2.75, 3.05) is 13.1 Å². The van der Waals surface area contributed by atoms with E-state index in [1.807, 2.05) is 24.3 Å². The number of aromatic nitrogens is 1. The van der Waals surface area contributed by atoms with E-state index in [1.165, 1.54) is 0 Å². The molecule has 0 bridgehead atoms. The SMILES string of the molecule is CC(=NOC(=O)N1CCCCC1)c1nc2ccccc2o1. The van der Waals surface area contributed by atoms with Gasteiger partial charge in [0, 0.05) is 13.1 Å². The van der Waals surface area contributed by atoms with Crippen LogP contribution in [0.3, 0.4) is 0 Å². The van der Waals surface area contributed by atoms with Gasteiger partial charge in [0.15, 0.2) is 5.58 Å². The molecular formula is C15H17N3O3. The quantitative estimate of drug-likeness (QED) is 0.483. The summed E-state index contributed by atoms with van der Waals surface area (Å²) in [6.45, 7) is 3.17. The molecule has 110 valence electrons. The first kappa shape index (κ1) is 13.6. The van der Waals surface area contributed by atoms with E-state index >= 15 is 0 Å². The molecule has 1 saturated heterocycles. The minimum atomic E-state index is -0.412. The van der Waals surface area contributed by atoms with Crippen molar-refractivity contribution < 1.29 is 14.0 Å². The Kier molecular flexibility index (Phi) is 3.85. The van der Waals surface area contributed by atoms with Crippen LogP contribution in [0.15, 0.2) is 33.8 Å². The maximum Gasteiger partial charge on any atom is 0.435 e. The molecule has 1 aliphatic heterocycles. The molecule has 1 amide bonds. The Morgan fingerprint density at radius 2 is 2.05 bits per heavy atom. The van der Waals surface area contributed by atoms with Gasteiger partial charge in [-0.3, -0.25) is 4.84 Å². The summed E-state index contributed by atoms with van der Waals surface area (Å²) in [5, 5.41) is 3.83. The number of para-hydroxylation sites is 2. The molecule has 3 rings (SSSR count). The molecule has 0 N–H and O–H groups in total. The fourth-order valence-electron chi connectivity index (χ4n) is 2.31. The van der Waals surface area contributed by atoms with Crippen LogP contribution in [0.5, 0.6) is 0 Å². The predicted octanol–water partition coefficient (Wildman–Crippen LogP) is 3.17. The molecule has 0 spiro atoms. The summed E-state index contributed by atoms with van der Waals surface area (Å²) < 4.78 is 5.56. The van der Waals surface area contributed by atoms with Crippen LogP contribution in [0.2, 0.25) is 0 Å². The fourth-order valence-corrected chi connectivity index (χ4v) is 2.31. The third-order valence-corrected chi connectivity index (χ3v) is 3.48. The number of hydrogen-bond donors (Lipinski definition) is 0. The Morgan fingerprint density at radius 3 is 2.81 bits per heavy atom. The number of oxime groups is 1. The number of piperidine rings is 1. The van der Waals surface area contributed by atoms with Crippen molar-refractivity contribution in [3.8, 4) is 0 Å². The largest absolute Gasteiger partial charge is 0.435 e. The number of nitrogens with zero attached hydrogens (tertiary/aromatic N) is 3. The number of carbonyl (C=O) groups excluding carboxylic acids is 1. The molecular weight excluding hydrogens is 270 g/mol. The predicted molar refractivity (Wildman–Crippen MR) is 78.1 cm³/mol. The molecule has 21 heavy (non-hydrogen) atoms. The van der Waals surface area contributed by atoms with Crippen LogP contribution < -0.4 is 0 Å². The zero-order valence-electron chi connectivity index (χ0n) is 11.9. The third kappa shape index (κ3) is 3.04. The van der Waals surface area contributed by atoms with Crippen LogP contribution >= 0.6 is 0 Å². The van der Waals surface area contributed by atoms with E-state index in [-0.39, 0.29) is 0 Å². The standard InChI is InChI=1S/C15H17N3O3/c1-11(14-16-12-7-3-4-8-13(12)20-14)17-21-15(19)18-9-5-2-6-10-18/h3-4,7-8H,2,5-6,9-10H2,1H3. The maximum atomic E-state index is 11.9. The third-order valence-electron chi connectivity index (χ3n) is 3.48. The highest BCUT2D eigenvalue weighted by molar-refractivity contribution is 5.96. The molecule has 1 aromatic heterocycles. The van der Waals surface area contributed by atoms with Gasteiger partial charge in [-0.15, -0.1) is 0 Å². The summed E-state index contributed by atoms with van der Waals surface area (Å²) >= 11 is 0. The first-order chi connectivity index (χ1) is 10.2. The van der Waals surface area contributed by atoms with Crippen LogP contribution in [-0.2, 0) is 4.84 Å². The first-order valence-electron chi connectivity index (χ1n) is 7.10. The number of hydrogen-bond acceptors (Lipinski definition) is 5. The van der Waals surface area contributed by atoms with Crippen molar-refractivity contribution in [3.05, 3.63) is 30.2 Å². The van der Waals surface area contributed by atoms with E-state index in [0.29, 0.717) is 17.2 Å². The molecule has 1 fully saturated rings. The molecule has 6 heteroatoms. The zero-order chi connectivity index (χ0) is 14.7. The highest BCUT2D eigenvalue weighted by Crippen LogP contribution is 2.15. The minimum absolute atomic E-state index is 0.364. The Morgan fingerprint density at radius 1 is 1.29 bits per heavy atom. The number of likely N-dealkylation sites (tertiary alicyclic amines) is 1. The molecule has 0 radical (unpaired) electrons. The maximum absolute atomic E-state index is 11.9. The lowest BCUT2D eigenvalue weighted by Crippen LogP contribution is -2.35. The van der Waals surface area contributed by atoms with Crippen molar-refractivity contribution in [1.29, 1.82) is 0 Å². The summed E-state index contributed by atoms with van der Waals surface area (Å²) in [5.41, 5.74) is 1.88. The number of rotatable bonds is 2. The monoisotopic (exact) mass is 287 g/mol. The molecule has 0 aliphatic carbocycles. The average Bonchev–Trinajstić information content (AvgIpc) is 2.97. The Labute approximate surface area is 122 Å². The van der Waals surface area contributed by atoms with Gasteiger partial charge in [0.05, 0.1) is 0 Å². The second-order valence-corrected chi connectivity index (χ2v) is 5.07. The van der Waals surface area contributed by atoms with Crippen LogP contribution in [0.1, 0.15) is 32.1 Å². The Balaban J connectivity index is 1.68. The lowest BCUT2D eigenvalue weighted by molar-refractivity contribution is 0.0980. The summed E-state index contributed by atoms with van der Waals surface area (Å²) in [4.78, 5) is 22.8. The van der Waals surface area contributed by atoms with Crippen molar-refractivity contribution in [2.24, 2.45) is 5.16 Å². The number of carbonyl (C=O) groups is 1. The number of fused-ring (bicyclic) bond motifs is 1. The Bertz CT molecular complexity index is 639. The van der Waals surface area contributed by atoms with Crippen LogP contribution in [0.4, 0.5) is 4.79 Å².